The van der Waals surface area contributed by atoms with E-state index in [0.717, 1.165) is 25.7 Å². The molecule has 0 heterocycles. The zero-order valence-electron chi connectivity index (χ0n) is 11.7. The molecule has 3 nitrogen and oxygen atoms in total. The van der Waals surface area contributed by atoms with Gasteiger partial charge in [-0.3, -0.25) is 4.79 Å². The molecule has 1 aliphatic carbocycles. The number of hydrogen-bond acceptors (Lipinski definition) is 2. The molecule has 0 aliphatic heterocycles. The standard InChI is InChI=1S/C16H22FNO2/c17-14-7-3-2-6-13(14)10-15(20)18-11-16(12-19)8-4-1-5-9-16/h2-3,6-7,19H,1,4-5,8-12H2,(H,18,20). The summed E-state index contributed by atoms with van der Waals surface area (Å²) in [6.45, 7) is 0.587. The molecular formula is C16H22FNO2. The highest BCUT2D eigenvalue weighted by atomic mass is 19.1. The molecule has 0 saturated heterocycles. The normalized spacial score (nSPS) is 17.7. The van der Waals surface area contributed by atoms with Crippen LogP contribution >= 0.6 is 0 Å². The van der Waals surface area contributed by atoms with Gasteiger partial charge in [0.1, 0.15) is 5.82 Å². The Bertz CT molecular complexity index is 456. The monoisotopic (exact) mass is 279 g/mol. The predicted octanol–water partition coefficient (Wildman–Crippen LogP) is 2.43. The van der Waals surface area contributed by atoms with E-state index in [1.165, 1.54) is 12.5 Å². The van der Waals surface area contributed by atoms with Crippen molar-refractivity contribution < 1.29 is 14.3 Å². The summed E-state index contributed by atoms with van der Waals surface area (Å²) in [4.78, 5) is 11.9. The van der Waals surface area contributed by atoms with Gasteiger partial charge < -0.3 is 10.4 Å². The van der Waals surface area contributed by atoms with Crippen LogP contribution in [0.4, 0.5) is 4.39 Å². The number of hydrogen-bond donors (Lipinski definition) is 2. The van der Waals surface area contributed by atoms with Gasteiger partial charge in [0.2, 0.25) is 5.91 Å². The third-order valence-corrected chi connectivity index (χ3v) is 4.22. The summed E-state index contributed by atoms with van der Waals surface area (Å²) in [6.07, 6.45) is 5.35. The number of carbonyl (C=O) groups excluding carboxylic acids is 1. The van der Waals surface area contributed by atoms with E-state index in [4.69, 9.17) is 0 Å². The number of carbonyl (C=O) groups is 1. The van der Waals surface area contributed by atoms with Crippen LogP contribution in [0.15, 0.2) is 24.3 Å². The first kappa shape index (κ1) is 15.0. The van der Waals surface area contributed by atoms with Crippen LogP contribution in [0.5, 0.6) is 0 Å². The van der Waals surface area contributed by atoms with Crippen LogP contribution < -0.4 is 5.32 Å². The van der Waals surface area contributed by atoms with Crippen molar-refractivity contribution in [2.75, 3.05) is 13.2 Å². The summed E-state index contributed by atoms with van der Waals surface area (Å²) in [7, 11) is 0. The summed E-state index contributed by atoms with van der Waals surface area (Å²) in [5.41, 5.74) is 0.232. The SMILES string of the molecule is O=C(Cc1ccccc1F)NCC1(CO)CCCCC1. The highest BCUT2D eigenvalue weighted by molar-refractivity contribution is 5.78. The lowest BCUT2D eigenvalue weighted by Gasteiger charge is -2.35. The van der Waals surface area contributed by atoms with E-state index < -0.39 is 0 Å². The van der Waals surface area contributed by atoms with Crippen molar-refractivity contribution in [2.24, 2.45) is 5.41 Å². The van der Waals surface area contributed by atoms with E-state index >= 15 is 0 Å². The second kappa shape index (κ2) is 6.84. The fraction of sp³-hybridized carbons (Fsp3) is 0.562. The summed E-state index contributed by atoms with van der Waals surface area (Å²) < 4.78 is 13.5. The molecular weight excluding hydrogens is 257 g/mol. The van der Waals surface area contributed by atoms with Crippen LogP contribution in [-0.2, 0) is 11.2 Å². The van der Waals surface area contributed by atoms with Crippen molar-refractivity contribution in [2.45, 2.75) is 38.5 Å². The molecule has 2 rings (SSSR count). The molecule has 1 amide bonds. The second-order valence-electron chi connectivity index (χ2n) is 5.76. The van der Waals surface area contributed by atoms with Crippen molar-refractivity contribution in [3.05, 3.63) is 35.6 Å². The Morgan fingerprint density at radius 2 is 1.95 bits per heavy atom. The lowest BCUT2D eigenvalue weighted by molar-refractivity contribution is -0.121. The van der Waals surface area contributed by atoms with Crippen molar-refractivity contribution >= 4 is 5.91 Å². The molecule has 110 valence electrons. The van der Waals surface area contributed by atoms with E-state index in [1.54, 1.807) is 18.2 Å². The van der Waals surface area contributed by atoms with Crippen LogP contribution in [0.3, 0.4) is 0 Å². The number of aliphatic hydroxyl groups is 1. The number of halogens is 1. The molecule has 0 atom stereocenters. The van der Waals surface area contributed by atoms with Crippen molar-refractivity contribution in [3.8, 4) is 0 Å². The van der Waals surface area contributed by atoms with E-state index in [1.807, 2.05) is 0 Å². The molecule has 20 heavy (non-hydrogen) atoms. The Labute approximate surface area is 119 Å². The molecule has 0 aromatic heterocycles. The fourth-order valence-electron chi connectivity index (χ4n) is 2.86. The topological polar surface area (TPSA) is 49.3 Å². The molecule has 1 saturated carbocycles. The van der Waals surface area contributed by atoms with E-state index in [2.05, 4.69) is 5.32 Å². The molecule has 1 fully saturated rings. The van der Waals surface area contributed by atoms with Gasteiger partial charge in [0, 0.05) is 12.0 Å². The van der Waals surface area contributed by atoms with E-state index in [0.29, 0.717) is 12.1 Å². The first-order valence-corrected chi connectivity index (χ1v) is 7.26. The first-order chi connectivity index (χ1) is 9.65. The summed E-state index contributed by atoms with van der Waals surface area (Å²) in [6, 6.07) is 6.32. The van der Waals surface area contributed by atoms with Crippen molar-refractivity contribution in [1.29, 1.82) is 0 Å². The van der Waals surface area contributed by atoms with E-state index in [-0.39, 0.29) is 30.2 Å². The van der Waals surface area contributed by atoms with Gasteiger partial charge in [0.25, 0.3) is 0 Å². The zero-order chi connectivity index (χ0) is 14.4. The molecule has 1 aliphatic rings. The smallest absolute Gasteiger partial charge is 0.224 e. The minimum absolute atomic E-state index is 0.0498. The van der Waals surface area contributed by atoms with E-state index in [9.17, 15) is 14.3 Å². The van der Waals surface area contributed by atoms with Crippen LogP contribution in [-0.4, -0.2) is 24.2 Å². The molecule has 4 heteroatoms. The predicted molar refractivity (Wildman–Crippen MR) is 75.7 cm³/mol. The number of benzene rings is 1. The summed E-state index contributed by atoms with van der Waals surface area (Å²) in [5, 5.41) is 12.4. The molecule has 1 aromatic rings. The Morgan fingerprint density at radius 1 is 1.25 bits per heavy atom. The van der Waals surface area contributed by atoms with Crippen LogP contribution in [0.25, 0.3) is 0 Å². The Hall–Kier alpha value is -1.42. The average molecular weight is 279 g/mol. The molecule has 0 radical (unpaired) electrons. The Kier molecular flexibility index (Phi) is 5.12. The van der Waals surface area contributed by atoms with Gasteiger partial charge in [-0.1, -0.05) is 37.5 Å². The highest BCUT2D eigenvalue weighted by Crippen LogP contribution is 2.35. The van der Waals surface area contributed by atoms with Gasteiger partial charge in [-0.25, -0.2) is 4.39 Å². The lowest BCUT2D eigenvalue weighted by atomic mass is 9.74. The maximum Gasteiger partial charge on any atom is 0.224 e. The minimum atomic E-state index is -0.350. The largest absolute Gasteiger partial charge is 0.396 e. The highest BCUT2D eigenvalue weighted by Gasteiger charge is 2.31. The Balaban J connectivity index is 1.87. The maximum atomic E-state index is 13.5. The molecule has 1 aromatic carbocycles. The third-order valence-electron chi connectivity index (χ3n) is 4.22. The van der Waals surface area contributed by atoms with Gasteiger partial charge in [-0.05, 0) is 24.5 Å². The number of amides is 1. The third kappa shape index (κ3) is 3.79. The minimum Gasteiger partial charge on any atom is -0.396 e. The number of rotatable bonds is 5. The van der Waals surface area contributed by atoms with Crippen molar-refractivity contribution in [1.82, 2.24) is 5.32 Å². The van der Waals surface area contributed by atoms with Gasteiger partial charge in [0.15, 0.2) is 0 Å². The van der Waals surface area contributed by atoms with Gasteiger partial charge in [0.05, 0.1) is 13.0 Å². The molecule has 0 unspecified atom stereocenters. The number of nitrogens with one attached hydrogen (secondary N) is 1. The summed E-state index contributed by atoms with van der Waals surface area (Å²) in [5.74, 6) is -0.536. The van der Waals surface area contributed by atoms with Crippen LogP contribution in [0.1, 0.15) is 37.7 Å². The van der Waals surface area contributed by atoms with Crippen LogP contribution in [0.2, 0.25) is 0 Å². The van der Waals surface area contributed by atoms with Gasteiger partial charge >= 0.3 is 0 Å². The maximum absolute atomic E-state index is 13.5. The van der Waals surface area contributed by atoms with Gasteiger partial charge in [-0.15, -0.1) is 0 Å². The molecule has 0 spiro atoms. The second-order valence-corrected chi connectivity index (χ2v) is 5.76. The lowest BCUT2D eigenvalue weighted by Crippen LogP contribution is -2.41. The summed E-state index contributed by atoms with van der Waals surface area (Å²) >= 11 is 0. The first-order valence-electron chi connectivity index (χ1n) is 7.26. The zero-order valence-corrected chi connectivity index (χ0v) is 11.7. The Morgan fingerprint density at radius 3 is 2.60 bits per heavy atom. The molecule has 0 bridgehead atoms. The average Bonchev–Trinajstić information content (AvgIpc) is 2.49. The van der Waals surface area contributed by atoms with Crippen LogP contribution in [0, 0.1) is 11.2 Å². The fourth-order valence-corrected chi connectivity index (χ4v) is 2.86. The van der Waals surface area contributed by atoms with Gasteiger partial charge in [-0.2, -0.15) is 0 Å². The number of aliphatic hydroxyl groups excluding tert-OH is 1. The quantitative estimate of drug-likeness (QED) is 0.869. The van der Waals surface area contributed by atoms with Crippen molar-refractivity contribution in [3.63, 3.8) is 0 Å². The molecule has 2 N–H and O–H groups in total.